The molecule has 0 spiro atoms. The molecule has 4 rings (SSSR count). The number of halogens is 1. The van der Waals surface area contributed by atoms with Gasteiger partial charge in [-0.05, 0) is 48.5 Å². The van der Waals surface area contributed by atoms with E-state index >= 15 is 0 Å². The van der Waals surface area contributed by atoms with Crippen molar-refractivity contribution in [3.63, 3.8) is 0 Å². The maximum Gasteiger partial charge on any atom is 0.259 e. The molecule has 0 bridgehead atoms. The minimum atomic E-state index is -3.61. The summed E-state index contributed by atoms with van der Waals surface area (Å²) in [5.74, 6) is -0.491. The number of carbonyl (C=O) groups is 1. The molecule has 1 heterocycles. The van der Waals surface area contributed by atoms with Crippen LogP contribution in [0.1, 0.15) is 10.4 Å². The second kappa shape index (κ2) is 9.59. The zero-order chi connectivity index (χ0) is 25.2. The van der Waals surface area contributed by atoms with Crippen molar-refractivity contribution in [3.05, 3.63) is 84.3 Å². The average Bonchev–Trinajstić information content (AvgIpc) is 3.30. The fourth-order valence-corrected chi connectivity index (χ4v) is 4.12. The third kappa shape index (κ3) is 5.02. The van der Waals surface area contributed by atoms with Crippen LogP contribution in [0.4, 0.5) is 10.1 Å². The number of amides is 1. The van der Waals surface area contributed by atoms with Crippen LogP contribution >= 0.6 is 0 Å². The molecule has 180 valence electrons. The van der Waals surface area contributed by atoms with Crippen LogP contribution in [-0.4, -0.2) is 44.6 Å². The topological polar surface area (TPSA) is 99.5 Å². The molecule has 0 aliphatic heterocycles. The van der Waals surface area contributed by atoms with Gasteiger partial charge in [0, 0.05) is 18.0 Å². The van der Waals surface area contributed by atoms with Crippen LogP contribution in [0.15, 0.2) is 77.8 Å². The van der Waals surface area contributed by atoms with Gasteiger partial charge in [0.15, 0.2) is 9.84 Å². The molecule has 0 aliphatic carbocycles. The number of benzene rings is 3. The molecule has 0 saturated heterocycles. The number of nitrogens with one attached hydrogen (secondary N) is 1. The highest BCUT2D eigenvalue weighted by Gasteiger charge is 2.23. The second-order valence-corrected chi connectivity index (χ2v) is 9.62. The Bertz CT molecular complexity index is 1500. The third-order valence-electron chi connectivity index (χ3n) is 5.26. The number of ether oxygens (including phenoxy) is 2. The summed E-state index contributed by atoms with van der Waals surface area (Å²) in [4.78, 5) is 13.2. The van der Waals surface area contributed by atoms with Gasteiger partial charge in [0.1, 0.15) is 23.0 Å². The number of anilines is 1. The summed E-state index contributed by atoms with van der Waals surface area (Å²) >= 11 is 0. The Balaban J connectivity index is 1.85. The molecule has 0 aliphatic rings. The number of hydrogen-bond donors (Lipinski definition) is 1. The largest absolute Gasteiger partial charge is 0.497 e. The number of nitrogens with zero attached hydrogens (tertiary/aromatic N) is 2. The van der Waals surface area contributed by atoms with Gasteiger partial charge >= 0.3 is 0 Å². The van der Waals surface area contributed by atoms with Crippen molar-refractivity contribution < 1.29 is 27.1 Å². The Labute approximate surface area is 201 Å². The summed E-state index contributed by atoms with van der Waals surface area (Å²) in [7, 11) is -0.603. The lowest BCUT2D eigenvalue weighted by Crippen LogP contribution is -2.14. The molecule has 4 aromatic rings. The molecule has 1 N–H and O–H groups in total. The lowest BCUT2D eigenvalue weighted by atomic mass is 10.1. The molecule has 0 atom stereocenters. The van der Waals surface area contributed by atoms with Gasteiger partial charge in [-0.15, -0.1) is 0 Å². The Hall–Kier alpha value is -4.18. The molecular formula is C25H22FN3O5S. The predicted octanol–water partition coefficient (Wildman–Crippen LogP) is 4.35. The summed E-state index contributed by atoms with van der Waals surface area (Å²) in [6, 6.07) is 17.4. The maximum absolute atomic E-state index is 14.5. The van der Waals surface area contributed by atoms with E-state index in [9.17, 15) is 17.6 Å². The number of carbonyl (C=O) groups excluding carboxylic acids is 1. The molecule has 0 unspecified atom stereocenters. The first-order valence-corrected chi connectivity index (χ1v) is 12.3. The normalized spacial score (nSPS) is 11.2. The van der Waals surface area contributed by atoms with Crippen LogP contribution in [0.3, 0.4) is 0 Å². The molecule has 10 heteroatoms. The fourth-order valence-electron chi connectivity index (χ4n) is 3.47. The fraction of sp³-hybridized carbons (Fsp3) is 0.120. The van der Waals surface area contributed by atoms with E-state index in [2.05, 4.69) is 10.4 Å². The number of para-hydroxylation sites is 1. The van der Waals surface area contributed by atoms with Gasteiger partial charge in [0.25, 0.3) is 5.91 Å². The van der Waals surface area contributed by atoms with Gasteiger partial charge in [0.2, 0.25) is 0 Å². The van der Waals surface area contributed by atoms with Crippen molar-refractivity contribution in [3.8, 4) is 28.4 Å². The van der Waals surface area contributed by atoms with E-state index in [1.54, 1.807) is 18.2 Å². The highest BCUT2D eigenvalue weighted by atomic mass is 32.2. The Kier molecular flexibility index (Phi) is 6.57. The van der Waals surface area contributed by atoms with Crippen LogP contribution in [0, 0.1) is 5.82 Å². The van der Waals surface area contributed by atoms with Gasteiger partial charge in [-0.3, -0.25) is 4.79 Å². The predicted molar refractivity (Wildman–Crippen MR) is 130 cm³/mol. The van der Waals surface area contributed by atoms with E-state index in [-0.39, 0.29) is 21.8 Å². The molecule has 1 aromatic heterocycles. The lowest BCUT2D eigenvalue weighted by molar-refractivity contribution is 0.102. The van der Waals surface area contributed by atoms with E-state index in [1.165, 1.54) is 25.1 Å². The Morgan fingerprint density at radius 2 is 1.74 bits per heavy atom. The molecular weight excluding hydrogens is 473 g/mol. The molecule has 8 nitrogen and oxygen atoms in total. The number of aromatic nitrogens is 2. The number of methoxy groups -OCH3 is 2. The first kappa shape index (κ1) is 24.0. The van der Waals surface area contributed by atoms with Crippen LogP contribution in [0.2, 0.25) is 0 Å². The minimum absolute atomic E-state index is 0.115. The van der Waals surface area contributed by atoms with Crippen LogP contribution in [-0.2, 0) is 9.84 Å². The standard InChI is InChI=1S/C25H22FN3O5S/c1-33-17-9-12-23(34-2)19(13-17)24-20(15-29(28-24)16-7-5-4-6-8-16)25(30)27-22-14-18(35(3,31)32)10-11-21(22)26/h4-15H,1-3H3,(H,27,30). The first-order valence-electron chi connectivity index (χ1n) is 10.4. The number of hydrogen-bond acceptors (Lipinski definition) is 6. The molecule has 35 heavy (non-hydrogen) atoms. The van der Waals surface area contributed by atoms with Crippen molar-refractivity contribution in [2.45, 2.75) is 4.90 Å². The summed E-state index contributed by atoms with van der Waals surface area (Å²) in [6.45, 7) is 0. The monoisotopic (exact) mass is 495 g/mol. The number of rotatable bonds is 7. The Morgan fingerprint density at radius 3 is 2.40 bits per heavy atom. The smallest absolute Gasteiger partial charge is 0.259 e. The van der Waals surface area contributed by atoms with Gasteiger partial charge in [-0.25, -0.2) is 17.5 Å². The van der Waals surface area contributed by atoms with Crippen molar-refractivity contribution in [2.75, 3.05) is 25.8 Å². The van der Waals surface area contributed by atoms with Gasteiger partial charge in [0.05, 0.1) is 36.1 Å². The van der Waals surface area contributed by atoms with Gasteiger partial charge in [-0.1, -0.05) is 18.2 Å². The van der Waals surface area contributed by atoms with E-state index in [0.717, 1.165) is 24.5 Å². The van der Waals surface area contributed by atoms with Gasteiger partial charge < -0.3 is 14.8 Å². The van der Waals surface area contributed by atoms with E-state index in [4.69, 9.17) is 9.47 Å². The third-order valence-corrected chi connectivity index (χ3v) is 6.37. The number of sulfone groups is 1. The van der Waals surface area contributed by atoms with Crippen LogP contribution in [0.5, 0.6) is 11.5 Å². The maximum atomic E-state index is 14.5. The molecule has 0 saturated carbocycles. The SMILES string of the molecule is COc1ccc(OC)c(-c2nn(-c3ccccc3)cc2C(=O)Nc2cc(S(C)(=O)=O)ccc2F)c1. The zero-order valence-corrected chi connectivity index (χ0v) is 20.0. The molecule has 0 fully saturated rings. The van der Waals surface area contributed by atoms with E-state index < -0.39 is 21.6 Å². The summed E-state index contributed by atoms with van der Waals surface area (Å²) in [5, 5.41) is 7.08. The zero-order valence-electron chi connectivity index (χ0n) is 19.2. The minimum Gasteiger partial charge on any atom is -0.497 e. The van der Waals surface area contributed by atoms with Crippen molar-refractivity contribution in [1.29, 1.82) is 0 Å². The lowest BCUT2D eigenvalue weighted by Gasteiger charge is -2.11. The van der Waals surface area contributed by atoms with Crippen LogP contribution in [0.25, 0.3) is 16.9 Å². The first-order chi connectivity index (χ1) is 16.7. The summed E-state index contributed by atoms with van der Waals surface area (Å²) in [5.41, 5.74) is 1.29. The molecule has 1 amide bonds. The highest BCUT2D eigenvalue weighted by molar-refractivity contribution is 7.90. The van der Waals surface area contributed by atoms with Gasteiger partial charge in [-0.2, -0.15) is 5.10 Å². The molecule has 3 aromatic carbocycles. The van der Waals surface area contributed by atoms with E-state index in [1.807, 2.05) is 30.3 Å². The molecule has 0 radical (unpaired) electrons. The highest BCUT2D eigenvalue weighted by Crippen LogP contribution is 2.35. The van der Waals surface area contributed by atoms with Crippen molar-refractivity contribution in [2.24, 2.45) is 0 Å². The average molecular weight is 496 g/mol. The van der Waals surface area contributed by atoms with Crippen molar-refractivity contribution >= 4 is 21.4 Å². The Morgan fingerprint density at radius 1 is 1.00 bits per heavy atom. The quantitative estimate of drug-likeness (QED) is 0.383. The summed E-state index contributed by atoms with van der Waals surface area (Å²) in [6.07, 6.45) is 2.51. The summed E-state index contributed by atoms with van der Waals surface area (Å²) < 4.78 is 50.6. The van der Waals surface area contributed by atoms with E-state index in [0.29, 0.717) is 22.7 Å². The second-order valence-electron chi connectivity index (χ2n) is 7.61. The van der Waals surface area contributed by atoms with Crippen molar-refractivity contribution in [1.82, 2.24) is 9.78 Å². The van der Waals surface area contributed by atoms with Crippen LogP contribution < -0.4 is 14.8 Å².